The minimum absolute atomic E-state index is 0. The van der Waals surface area contributed by atoms with Crippen LogP contribution in [0.15, 0.2) is 12.3 Å². The molecule has 1 aromatic heterocycles. The Balaban J connectivity index is 0.000000980. The van der Waals surface area contributed by atoms with Crippen molar-refractivity contribution in [2.24, 2.45) is 0 Å². The number of aryl methyl sites for hydroxylation is 1. The SMILES string of the molecule is CCCc1c[nH]c2c1C(C)CC=C2.[HH]. The number of allylic oxidation sites excluding steroid dienone is 1. The zero-order chi connectivity index (χ0) is 9.26. The molecular formula is C12H19N. The van der Waals surface area contributed by atoms with Gasteiger partial charge in [-0.25, -0.2) is 0 Å². The van der Waals surface area contributed by atoms with E-state index in [1.807, 2.05) is 0 Å². The topological polar surface area (TPSA) is 15.8 Å². The highest BCUT2D eigenvalue weighted by molar-refractivity contribution is 5.56. The molecule has 1 nitrogen and oxygen atoms in total. The van der Waals surface area contributed by atoms with Gasteiger partial charge >= 0.3 is 0 Å². The van der Waals surface area contributed by atoms with Crippen LogP contribution in [0.5, 0.6) is 0 Å². The van der Waals surface area contributed by atoms with Gasteiger partial charge in [0.25, 0.3) is 0 Å². The summed E-state index contributed by atoms with van der Waals surface area (Å²) in [6, 6.07) is 0. The van der Waals surface area contributed by atoms with Gasteiger partial charge in [-0.05, 0) is 36.0 Å². The lowest BCUT2D eigenvalue weighted by molar-refractivity contribution is 0.754. The lowest BCUT2D eigenvalue weighted by Crippen LogP contribution is -2.00. The smallest absolute Gasteiger partial charge is 0.0415 e. The molecule has 0 bridgehead atoms. The second-order valence-electron chi connectivity index (χ2n) is 3.93. The van der Waals surface area contributed by atoms with Crippen molar-refractivity contribution in [2.45, 2.75) is 39.0 Å². The van der Waals surface area contributed by atoms with Crippen LogP contribution in [-0.4, -0.2) is 4.98 Å². The van der Waals surface area contributed by atoms with Crippen LogP contribution in [0.25, 0.3) is 6.08 Å². The Morgan fingerprint density at radius 2 is 2.46 bits per heavy atom. The first-order valence-electron chi connectivity index (χ1n) is 5.19. The summed E-state index contributed by atoms with van der Waals surface area (Å²) in [5, 5.41) is 0. The van der Waals surface area contributed by atoms with Gasteiger partial charge in [-0.3, -0.25) is 0 Å². The van der Waals surface area contributed by atoms with Crippen LogP contribution in [0.4, 0.5) is 0 Å². The van der Waals surface area contributed by atoms with Crippen LogP contribution >= 0.6 is 0 Å². The molecule has 0 spiro atoms. The summed E-state index contributed by atoms with van der Waals surface area (Å²) in [5.41, 5.74) is 4.42. The molecule has 1 heterocycles. The molecule has 1 atom stereocenters. The first-order valence-corrected chi connectivity index (χ1v) is 5.19. The van der Waals surface area contributed by atoms with E-state index < -0.39 is 0 Å². The van der Waals surface area contributed by atoms with Crippen LogP contribution < -0.4 is 0 Å². The van der Waals surface area contributed by atoms with E-state index in [1.54, 1.807) is 5.56 Å². The van der Waals surface area contributed by atoms with Crippen molar-refractivity contribution >= 4 is 6.08 Å². The van der Waals surface area contributed by atoms with E-state index in [-0.39, 0.29) is 1.43 Å². The Morgan fingerprint density at radius 3 is 3.23 bits per heavy atom. The molecule has 72 valence electrons. The van der Waals surface area contributed by atoms with E-state index in [2.05, 4.69) is 37.2 Å². The zero-order valence-corrected chi connectivity index (χ0v) is 8.43. The van der Waals surface area contributed by atoms with E-state index in [4.69, 9.17) is 0 Å². The summed E-state index contributed by atoms with van der Waals surface area (Å²) in [7, 11) is 0. The first kappa shape index (κ1) is 8.61. The minimum atomic E-state index is 0. The number of fused-ring (bicyclic) bond motifs is 1. The Bertz CT molecular complexity index is 325. The number of aromatic nitrogens is 1. The number of rotatable bonds is 2. The lowest BCUT2D eigenvalue weighted by Gasteiger charge is -2.15. The Morgan fingerprint density at radius 1 is 1.62 bits per heavy atom. The van der Waals surface area contributed by atoms with E-state index in [0.29, 0.717) is 5.92 Å². The molecule has 1 aromatic rings. The van der Waals surface area contributed by atoms with Crippen molar-refractivity contribution in [1.29, 1.82) is 0 Å². The largest absolute Gasteiger partial charge is 0.361 e. The maximum absolute atomic E-state index is 3.35. The summed E-state index contributed by atoms with van der Waals surface area (Å²) in [6.07, 6.45) is 10.3. The highest BCUT2D eigenvalue weighted by Gasteiger charge is 2.17. The number of H-pyrrole nitrogens is 1. The number of hydrogen-bond donors (Lipinski definition) is 1. The third-order valence-electron chi connectivity index (χ3n) is 2.82. The quantitative estimate of drug-likeness (QED) is 0.708. The van der Waals surface area contributed by atoms with Crippen LogP contribution in [0, 0.1) is 0 Å². The predicted octanol–water partition coefficient (Wildman–Crippen LogP) is 3.73. The molecule has 0 saturated carbocycles. The van der Waals surface area contributed by atoms with Gasteiger partial charge < -0.3 is 4.98 Å². The molecule has 13 heavy (non-hydrogen) atoms. The summed E-state index contributed by atoms with van der Waals surface area (Å²) in [6.45, 7) is 4.55. The number of aromatic amines is 1. The summed E-state index contributed by atoms with van der Waals surface area (Å²) in [5.74, 6) is 0.702. The van der Waals surface area contributed by atoms with Crippen molar-refractivity contribution in [3.63, 3.8) is 0 Å². The Hall–Kier alpha value is -0.980. The molecule has 1 N–H and O–H groups in total. The van der Waals surface area contributed by atoms with Gasteiger partial charge in [-0.1, -0.05) is 26.3 Å². The maximum atomic E-state index is 3.35. The second kappa shape index (κ2) is 3.41. The first-order chi connectivity index (χ1) is 6.33. The summed E-state index contributed by atoms with van der Waals surface area (Å²) >= 11 is 0. The number of hydrogen-bond acceptors (Lipinski definition) is 0. The minimum Gasteiger partial charge on any atom is -0.361 e. The molecule has 0 radical (unpaired) electrons. The molecule has 0 aliphatic heterocycles. The number of nitrogens with one attached hydrogen (secondary N) is 1. The van der Waals surface area contributed by atoms with Gasteiger partial charge in [-0.15, -0.1) is 0 Å². The highest BCUT2D eigenvalue weighted by Crippen LogP contribution is 2.32. The molecule has 0 saturated heterocycles. The fourth-order valence-corrected chi connectivity index (χ4v) is 2.20. The van der Waals surface area contributed by atoms with E-state index in [1.165, 1.54) is 30.5 Å². The summed E-state index contributed by atoms with van der Waals surface area (Å²) < 4.78 is 0. The second-order valence-corrected chi connectivity index (χ2v) is 3.93. The van der Waals surface area contributed by atoms with Crippen LogP contribution in [0.1, 0.15) is 50.9 Å². The van der Waals surface area contributed by atoms with Crippen LogP contribution in [0.2, 0.25) is 0 Å². The van der Waals surface area contributed by atoms with Gasteiger partial charge in [0.15, 0.2) is 0 Å². The Labute approximate surface area is 81.3 Å². The molecule has 1 aliphatic rings. The van der Waals surface area contributed by atoms with Crippen molar-refractivity contribution in [3.05, 3.63) is 29.1 Å². The lowest BCUT2D eigenvalue weighted by atomic mass is 9.89. The van der Waals surface area contributed by atoms with Gasteiger partial charge in [0.2, 0.25) is 0 Å². The van der Waals surface area contributed by atoms with Crippen molar-refractivity contribution < 1.29 is 1.43 Å². The third kappa shape index (κ3) is 1.43. The van der Waals surface area contributed by atoms with E-state index in [9.17, 15) is 0 Å². The highest BCUT2D eigenvalue weighted by atomic mass is 14.7. The van der Waals surface area contributed by atoms with Crippen molar-refractivity contribution in [2.75, 3.05) is 0 Å². The van der Waals surface area contributed by atoms with Crippen LogP contribution in [-0.2, 0) is 6.42 Å². The Kier molecular flexibility index (Phi) is 2.26. The maximum Gasteiger partial charge on any atom is 0.0415 e. The van der Waals surface area contributed by atoms with E-state index in [0.717, 1.165) is 0 Å². The molecule has 0 fully saturated rings. The fourth-order valence-electron chi connectivity index (χ4n) is 2.20. The predicted molar refractivity (Wildman–Crippen MR) is 59.0 cm³/mol. The molecule has 1 aliphatic carbocycles. The molecule has 1 unspecified atom stereocenters. The average molecular weight is 177 g/mol. The normalized spacial score (nSPS) is 20.3. The average Bonchev–Trinajstić information content (AvgIpc) is 2.51. The van der Waals surface area contributed by atoms with E-state index >= 15 is 0 Å². The zero-order valence-electron chi connectivity index (χ0n) is 8.43. The monoisotopic (exact) mass is 177 g/mol. The molecule has 2 rings (SSSR count). The van der Waals surface area contributed by atoms with Crippen LogP contribution in [0.3, 0.4) is 0 Å². The standard InChI is InChI=1S/C12H17N.H2/c1-3-5-10-8-13-11-7-4-6-9(2)12(10)11;/h4,7-9,13H,3,5-6H2,1-2H3;1H. The van der Waals surface area contributed by atoms with Gasteiger partial charge in [0.05, 0.1) is 0 Å². The molecule has 1 heteroatoms. The van der Waals surface area contributed by atoms with Crippen molar-refractivity contribution in [1.82, 2.24) is 4.98 Å². The molecular weight excluding hydrogens is 158 g/mol. The summed E-state index contributed by atoms with van der Waals surface area (Å²) in [4.78, 5) is 3.35. The molecule has 0 amide bonds. The molecule has 0 aromatic carbocycles. The van der Waals surface area contributed by atoms with Gasteiger partial charge in [0.1, 0.15) is 0 Å². The van der Waals surface area contributed by atoms with Gasteiger partial charge in [-0.2, -0.15) is 0 Å². The third-order valence-corrected chi connectivity index (χ3v) is 2.82. The van der Waals surface area contributed by atoms with Crippen molar-refractivity contribution in [3.8, 4) is 0 Å². The fraction of sp³-hybridized carbons (Fsp3) is 0.500. The van der Waals surface area contributed by atoms with Gasteiger partial charge in [0, 0.05) is 13.3 Å².